The van der Waals surface area contributed by atoms with Crippen molar-refractivity contribution in [3.8, 4) is 0 Å². The molecule has 0 aliphatic carbocycles. The van der Waals surface area contributed by atoms with Gasteiger partial charge in [0.2, 0.25) is 0 Å². The first-order chi connectivity index (χ1) is 10.1. The van der Waals surface area contributed by atoms with E-state index in [-0.39, 0.29) is 11.8 Å². The second-order valence-corrected chi connectivity index (χ2v) is 5.60. The summed E-state index contributed by atoms with van der Waals surface area (Å²) in [7, 11) is 2.10. The average molecular weight is 289 g/mol. The summed E-state index contributed by atoms with van der Waals surface area (Å²) >= 11 is 0. The van der Waals surface area contributed by atoms with E-state index in [9.17, 15) is 9.59 Å². The first-order valence-electron chi connectivity index (χ1n) is 7.42. The molecule has 1 aliphatic heterocycles. The van der Waals surface area contributed by atoms with Gasteiger partial charge in [-0.15, -0.1) is 0 Å². The normalized spacial score (nSPS) is 19.0. The van der Waals surface area contributed by atoms with E-state index in [1.54, 1.807) is 24.3 Å². The molecule has 1 aromatic carbocycles. The summed E-state index contributed by atoms with van der Waals surface area (Å²) in [4.78, 5) is 25.5. The van der Waals surface area contributed by atoms with Gasteiger partial charge in [-0.3, -0.25) is 4.79 Å². The molecule has 2 N–H and O–H groups in total. The maximum atomic E-state index is 11.9. The highest BCUT2D eigenvalue weighted by molar-refractivity contribution is 5.96. The Morgan fingerprint density at radius 1 is 1.33 bits per heavy atom. The third-order valence-corrected chi connectivity index (χ3v) is 3.95. The van der Waals surface area contributed by atoms with Gasteiger partial charge in [0.05, 0.1) is 0 Å². The van der Waals surface area contributed by atoms with E-state index in [1.807, 2.05) is 0 Å². The number of amides is 2. The number of hydrogen-bond acceptors (Lipinski definition) is 3. The van der Waals surface area contributed by atoms with E-state index < -0.39 is 0 Å². The molecule has 2 rings (SSSR count). The van der Waals surface area contributed by atoms with Crippen LogP contribution in [0, 0.1) is 0 Å². The Kier molecular flexibility index (Phi) is 5.33. The number of carbonyl (C=O) groups excluding carboxylic acids is 2. The summed E-state index contributed by atoms with van der Waals surface area (Å²) in [6.07, 6.45) is 3.58. The maximum Gasteiger partial charge on any atom is 0.319 e. The summed E-state index contributed by atoms with van der Waals surface area (Å²) in [5.74, 6) is -0.0112. The molecule has 2 amide bonds. The van der Waals surface area contributed by atoms with E-state index in [2.05, 4.69) is 22.6 Å². The smallest absolute Gasteiger partial charge is 0.319 e. The van der Waals surface area contributed by atoms with Crippen molar-refractivity contribution >= 4 is 17.5 Å². The second-order valence-electron chi connectivity index (χ2n) is 5.60. The fourth-order valence-electron chi connectivity index (χ4n) is 2.60. The second kappa shape index (κ2) is 7.22. The molecule has 5 nitrogen and oxygen atoms in total. The van der Waals surface area contributed by atoms with Gasteiger partial charge in [0.1, 0.15) is 0 Å². The van der Waals surface area contributed by atoms with Crippen molar-refractivity contribution in [1.29, 1.82) is 0 Å². The fourth-order valence-corrected chi connectivity index (χ4v) is 2.60. The zero-order chi connectivity index (χ0) is 15.2. The largest absolute Gasteiger partial charge is 0.336 e. The number of nitrogens with one attached hydrogen (secondary N) is 2. The minimum absolute atomic E-state index is 0.0112. The lowest BCUT2D eigenvalue weighted by Crippen LogP contribution is -2.45. The van der Waals surface area contributed by atoms with Crippen molar-refractivity contribution in [3.05, 3.63) is 29.8 Å². The maximum absolute atomic E-state index is 11.9. The summed E-state index contributed by atoms with van der Waals surface area (Å²) < 4.78 is 0. The van der Waals surface area contributed by atoms with Crippen LogP contribution in [0.3, 0.4) is 0 Å². The summed E-state index contributed by atoms with van der Waals surface area (Å²) in [6.45, 7) is 3.25. The number of likely N-dealkylation sites (tertiary alicyclic amines) is 1. The molecule has 0 aromatic heterocycles. The van der Waals surface area contributed by atoms with Crippen LogP contribution >= 0.6 is 0 Å². The van der Waals surface area contributed by atoms with Crippen molar-refractivity contribution in [3.63, 3.8) is 0 Å². The highest BCUT2D eigenvalue weighted by Gasteiger charge is 2.19. The molecule has 0 spiro atoms. The summed E-state index contributed by atoms with van der Waals surface area (Å²) in [5, 5.41) is 5.67. The van der Waals surface area contributed by atoms with Crippen LogP contribution in [-0.4, -0.2) is 42.9 Å². The third kappa shape index (κ3) is 4.56. The van der Waals surface area contributed by atoms with Gasteiger partial charge < -0.3 is 15.5 Å². The highest BCUT2D eigenvalue weighted by Crippen LogP contribution is 2.14. The van der Waals surface area contributed by atoms with Crippen LogP contribution in [0.1, 0.15) is 36.5 Å². The van der Waals surface area contributed by atoms with Gasteiger partial charge in [0.25, 0.3) is 0 Å². The third-order valence-electron chi connectivity index (χ3n) is 3.95. The number of hydrogen-bond donors (Lipinski definition) is 2. The van der Waals surface area contributed by atoms with Gasteiger partial charge in [0.15, 0.2) is 5.78 Å². The molecule has 5 heteroatoms. The monoisotopic (exact) mass is 289 g/mol. The Balaban J connectivity index is 1.84. The number of piperidine rings is 1. The number of Topliss-reactive ketones (excluding diaryl/α,β-unsaturated/α-hetero) is 1. The van der Waals surface area contributed by atoms with Crippen molar-refractivity contribution in [2.75, 3.05) is 25.5 Å². The summed E-state index contributed by atoms with van der Waals surface area (Å²) in [5.41, 5.74) is 1.23. The molecule has 1 saturated heterocycles. The van der Waals surface area contributed by atoms with Crippen molar-refractivity contribution in [1.82, 2.24) is 10.2 Å². The van der Waals surface area contributed by atoms with Crippen molar-refractivity contribution in [2.24, 2.45) is 0 Å². The van der Waals surface area contributed by atoms with Crippen molar-refractivity contribution in [2.45, 2.75) is 32.2 Å². The minimum Gasteiger partial charge on any atom is -0.336 e. The number of nitrogens with zero attached hydrogens (tertiary/aromatic N) is 1. The number of urea groups is 1. The quantitative estimate of drug-likeness (QED) is 0.837. The minimum atomic E-state index is -0.227. The van der Waals surface area contributed by atoms with E-state index in [0.717, 1.165) is 13.0 Å². The number of benzene rings is 1. The molecule has 0 radical (unpaired) electrons. The van der Waals surface area contributed by atoms with Gasteiger partial charge in [-0.25, -0.2) is 4.79 Å². The Labute approximate surface area is 125 Å². The average Bonchev–Trinajstić information content (AvgIpc) is 2.46. The standard InChI is InChI=1S/C16H23N3O2/c1-12(20)13-6-5-7-14(10-13)18-16(21)17-11-15-8-3-4-9-19(15)2/h5-7,10,15H,3-4,8-9,11H2,1-2H3,(H2,17,18,21). The molecule has 1 aliphatic rings. The van der Waals surface area contributed by atoms with Crippen LogP contribution in [0.5, 0.6) is 0 Å². The van der Waals surface area contributed by atoms with Crippen LogP contribution in [0.2, 0.25) is 0 Å². The number of rotatable bonds is 4. The van der Waals surface area contributed by atoms with Gasteiger partial charge in [-0.2, -0.15) is 0 Å². The number of likely N-dealkylation sites (N-methyl/N-ethyl adjacent to an activating group) is 1. The van der Waals surface area contributed by atoms with Crippen LogP contribution in [-0.2, 0) is 0 Å². The molecule has 1 fully saturated rings. The van der Waals surface area contributed by atoms with E-state index >= 15 is 0 Å². The Morgan fingerprint density at radius 2 is 2.14 bits per heavy atom. The van der Waals surface area contributed by atoms with Gasteiger partial charge in [-0.05, 0) is 45.5 Å². The first-order valence-corrected chi connectivity index (χ1v) is 7.42. The van der Waals surface area contributed by atoms with Crippen molar-refractivity contribution < 1.29 is 9.59 Å². The predicted octanol–water partition coefficient (Wildman–Crippen LogP) is 2.50. The summed E-state index contributed by atoms with van der Waals surface area (Å²) in [6, 6.07) is 7.15. The molecule has 1 heterocycles. The van der Waals surface area contributed by atoms with E-state index in [0.29, 0.717) is 23.8 Å². The molecular weight excluding hydrogens is 266 g/mol. The molecule has 21 heavy (non-hydrogen) atoms. The number of carbonyl (C=O) groups is 2. The zero-order valence-corrected chi connectivity index (χ0v) is 12.7. The predicted molar refractivity (Wildman–Crippen MR) is 83.7 cm³/mol. The van der Waals surface area contributed by atoms with Gasteiger partial charge in [0, 0.05) is 23.8 Å². The van der Waals surface area contributed by atoms with E-state index in [4.69, 9.17) is 0 Å². The Morgan fingerprint density at radius 3 is 2.86 bits per heavy atom. The van der Waals surface area contributed by atoms with Crippen LogP contribution < -0.4 is 10.6 Å². The zero-order valence-electron chi connectivity index (χ0n) is 12.7. The molecule has 1 atom stereocenters. The highest BCUT2D eigenvalue weighted by atomic mass is 16.2. The van der Waals surface area contributed by atoms with Crippen LogP contribution in [0.25, 0.3) is 0 Å². The molecule has 0 saturated carbocycles. The topological polar surface area (TPSA) is 61.4 Å². The molecule has 114 valence electrons. The van der Waals surface area contributed by atoms with Crippen LogP contribution in [0.15, 0.2) is 24.3 Å². The Bertz CT molecular complexity index is 516. The Hall–Kier alpha value is -1.88. The molecule has 1 aromatic rings. The number of ketones is 1. The molecule has 0 bridgehead atoms. The SMILES string of the molecule is CC(=O)c1cccc(NC(=O)NCC2CCCCN2C)c1. The van der Waals surface area contributed by atoms with Gasteiger partial charge in [-0.1, -0.05) is 18.6 Å². The van der Waals surface area contributed by atoms with Crippen LogP contribution in [0.4, 0.5) is 10.5 Å². The lowest BCUT2D eigenvalue weighted by molar-refractivity contribution is 0.101. The lowest BCUT2D eigenvalue weighted by Gasteiger charge is -2.32. The fraction of sp³-hybridized carbons (Fsp3) is 0.500. The lowest BCUT2D eigenvalue weighted by atomic mass is 10.0. The molecule has 1 unspecified atom stereocenters. The van der Waals surface area contributed by atoms with E-state index in [1.165, 1.54) is 19.8 Å². The molecular formula is C16H23N3O2. The number of anilines is 1. The first kappa shape index (κ1) is 15.5. The van der Waals surface area contributed by atoms with Gasteiger partial charge >= 0.3 is 6.03 Å².